The van der Waals surface area contributed by atoms with Gasteiger partial charge in [-0.3, -0.25) is 15.2 Å². The van der Waals surface area contributed by atoms with Gasteiger partial charge >= 0.3 is 0 Å². The lowest BCUT2D eigenvalue weighted by atomic mass is 9.87. The second kappa shape index (κ2) is 12.0. The highest BCUT2D eigenvalue weighted by molar-refractivity contribution is 5.81. The lowest BCUT2D eigenvalue weighted by molar-refractivity contribution is -0.130. The number of nitrogens with two attached hydrogens (primary N) is 2. The molecule has 0 spiro atoms. The molecule has 0 aliphatic heterocycles. The molecule has 1 heterocycles. The maximum Gasteiger partial charge on any atom is 0.251 e. The smallest absolute Gasteiger partial charge is 0.251 e. The van der Waals surface area contributed by atoms with E-state index in [1.54, 1.807) is 11.2 Å². The summed E-state index contributed by atoms with van der Waals surface area (Å²) in [5, 5.41) is 12.6. The fourth-order valence-electron chi connectivity index (χ4n) is 3.69. The summed E-state index contributed by atoms with van der Waals surface area (Å²) in [6.07, 6.45) is 1.44. The number of hydrogen-bond donors (Lipinski definition) is 4. The monoisotopic (exact) mass is 475 g/mol. The van der Waals surface area contributed by atoms with Gasteiger partial charge in [0.05, 0.1) is 17.8 Å². The van der Waals surface area contributed by atoms with Crippen molar-refractivity contribution in [2.75, 3.05) is 6.54 Å². The molecule has 0 fully saturated rings. The summed E-state index contributed by atoms with van der Waals surface area (Å²) < 4.78 is 0. The second-order valence-electron chi connectivity index (χ2n) is 10.0. The van der Waals surface area contributed by atoms with Crippen LogP contribution in [0, 0.1) is 5.41 Å². The SMILES string of the molecule is CC(C)(C)C(N)C(=O)NN(Cc1ccc(-c2ccccn2)cc1)CC(O)C(N)Cc1ccccc1. The Morgan fingerprint density at radius 1 is 0.971 bits per heavy atom. The largest absolute Gasteiger partial charge is 0.390 e. The number of aliphatic hydroxyl groups is 1. The van der Waals surface area contributed by atoms with Crippen molar-refractivity contribution in [1.29, 1.82) is 0 Å². The number of aliphatic hydroxyl groups excluding tert-OH is 1. The van der Waals surface area contributed by atoms with Crippen LogP contribution in [-0.2, 0) is 17.8 Å². The minimum absolute atomic E-state index is 0.165. The number of benzene rings is 2. The highest BCUT2D eigenvalue weighted by Crippen LogP contribution is 2.19. The number of hydrogen-bond acceptors (Lipinski definition) is 6. The number of pyridine rings is 1. The molecular weight excluding hydrogens is 438 g/mol. The summed E-state index contributed by atoms with van der Waals surface area (Å²) in [6.45, 7) is 6.31. The van der Waals surface area contributed by atoms with Crippen molar-refractivity contribution in [3.8, 4) is 11.3 Å². The van der Waals surface area contributed by atoms with Crippen molar-refractivity contribution < 1.29 is 9.90 Å². The van der Waals surface area contributed by atoms with E-state index in [2.05, 4.69) is 10.4 Å². The Morgan fingerprint density at radius 2 is 1.63 bits per heavy atom. The molecule has 1 aromatic heterocycles. The van der Waals surface area contributed by atoms with Crippen LogP contribution < -0.4 is 16.9 Å². The van der Waals surface area contributed by atoms with Gasteiger partial charge in [0.25, 0.3) is 5.91 Å². The van der Waals surface area contributed by atoms with Gasteiger partial charge in [-0.1, -0.05) is 81.4 Å². The maximum absolute atomic E-state index is 12.9. The lowest BCUT2D eigenvalue weighted by Crippen LogP contribution is -2.56. The minimum Gasteiger partial charge on any atom is -0.390 e. The van der Waals surface area contributed by atoms with Crippen molar-refractivity contribution in [3.05, 3.63) is 90.1 Å². The minimum atomic E-state index is -0.853. The molecule has 1 amide bonds. The molecule has 0 radical (unpaired) electrons. The zero-order chi connectivity index (χ0) is 25.4. The highest BCUT2D eigenvalue weighted by Gasteiger charge is 2.29. The molecule has 3 aromatic rings. The first kappa shape index (κ1) is 26.5. The van der Waals surface area contributed by atoms with E-state index < -0.39 is 23.6 Å². The van der Waals surface area contributed by atoms with E-state index in [4.69, 9.17) is 11.5 Å². The molecule has 0 aliphatic rings. The Kier molecular flexibility index (Phi) is 9.12. The number of nitrogens with one attached hydrogen (secondary N) is 1. The highest BCUT2D eigenvalue weighted by atomic mass is 16.3. The molecule has 0 aliphatic carbocycles. The Morgan fingerprint density at radius 3 is 2.23 bits per heavy atom. The van der Waals surface area contributed by atoms with Crippen LogP contribution in [0.4, 0.5) is 0 Å². The first-order chi connectivity index (χ1) is 16.6. The number of hydrazine groups is 1. The molecule has 3 unspecified atom stereocenters. The topological polar surface area (TPSA) is 118 Å². The van der Waals surface area contributed by atoms with E-state index in [0.717, 1.165) is 22.4 Å². The van der Waals surface area contributed by atoms with E-state index in [1.807, 2.05) is 93.6 Å². The number of amides is 1. The van der Waals surface area contributed by atoms with Gasteiger partial charge in [-0.25, -0.2) is 5.01 Å². The molecule has 7 nitrogen and oxygen atoms in total. The first-order valence-corrected chi connectivity index (χ1v) is 11.9. The predicted molar refractivity (Wildman–Crippen MR) is 140 cm³/mol. The molecule has 3 rings (SSSR count). The summed E-state index contributed by atoms with van der Waals surface area (Å²) in [7, 11) is 0. The quantitative estimate of drug-likeness (QED) is 0.335. The number of carbonyl (C=O) groups is 1. The predicted octanol–water partition coefficient (Wildman–Crippen LogP) is 2.89. The van der Waals surface area contributed by atoms with Crippen LogP contribution in [0.5, 0.6) is 0 Å². The van der Waals surface area contributed by atoms with Crippen LogP contribution in [0.1, 0.15) is 31.9 Å². The normalized spacial score (nSPS) is 14.4. The Bertz CT molecular complexity index is 1050. The summed E-state index contributed by atoms with van der Waals surface area (Å²) in [4.78, 5) is 17.3. The van der Waals surface area contributed by atoms with E-state index in [0.29, 0.717) is 13.0 Å². The van der Waals surface area contributed by atoms with Crippen molar-refractivity contribution in [2.24, 2.45) is 16.9 Å². The van der Waals surface area contributed by atoms with Crippen LogP contribution in [0.3, 0.4) is 0 Å². The summed E-state index contributed by atoms with van der Waals surface area (Å²) in [6, 6.07) is 22.4. The molecule has 0 saturated carbocycles. The summed E-state index contributed by atoms with van der Waals surface area (Å²) in [5.74, 6) is -0.300. The van der Waals surface area contributed by atoms with E-state index in [1.165, 1.54) is 0 Å². The van der Waals surface area contributed by atoms with Gasteiger partial charge in [-0.2, -0.15) is 0 Å². The van der Waals surface area contributed by atoms with Gasteiger partial charge in [-0.15, -0.1) is 0 Å². The molecular formula is C28H37N5O2. The third-order valence-electron chi connectivity index (χ3n) is 5.99. The lowest BCUT2D eigenvalue weighted by Gasteiger charge is -2.32. The van der Waals surface area contributed by atoms with Crippen molar-refractivity contribution >= 4 is 5.91 Å². The Labute approximate surface area is 208 Å². The molecule has 35 heavy (non-hydrogen) atoms. The molecule has 7 heteroatoms. The summed E-state index contributed by atoms with van der Waals surface area (Å²) >= 11 is 0. The van der Waals surface area contributed by atoms with Crippen molar-refractivity contribution in [1.82, 2.24) is 15.4 Å². The fourth-order valence-corrected chi connectivity index (χ4v) is 3.69. The van der Waals surface area contributed by atoms with E-state index in [9.17, 15) is 9.90 Å². The fraction of sp³-hybridized carbons (Fsp3) is 0.357. The van der Waals surface area contributed by atoms with Crippen LogP contribution in [0.25, 0.3) is 11.3 Å². The summed E-state index contributed by atoms with van der Waals surface area (Å²) in [5.41, 5.74) is 18.9. The van der Waals surface area contributed by atoms with Gasteiger partial charge in [0.2, 0.25) is 0 Å². The van der Waals surface area contributed by atoms with E-state index in [-0.39, 0.29) is 12.5 Å². The number of aromatic nitrogens is 1. The molecule has 6 N–H and O–H groups in total. The van der Waals surface area contributed by atoms with E-state index >= 15 is 0 Å². The van der Waals surface area contributed by atoms with Gasteiger partial charge in [0, 0.05) is 30.9 Å². The van der Waals surface area contributed by atoms with Crippen LogP contribution >= 0.6 is 0 Å². The molecule has 0 bridgehead atoms. The molecule has 0 saturated heterocycles. The number of carbonyl (C=O) groups excluding carboxylic acids is 1. The zero-order valence-corrected chi connectivity index (χ0v) is 20.8. The van der Waals surface area contributed by atoms with Crippen molar-refractivity contribution in [3.63, 3.8) is 0 Å². The number of nitrogens with zero attached hydrogens (tertiary/aromatic N) is 2. The standard InChI is InChI=1S/C28H37N5O2/c1-28(2,3)26(30)27(35)32-33(19-25(34)23(29)17-20-9-5-4-6-10-20)18-21-12-14-22(15-13-21)24-11-7-8-16-31-24/h4-16,23,25-26,34H,17-19,29-30H2,1-3H3,(H,32,35). The van der Waals surface area contributed by atoms with Crippen LogP contribution in [0.15, 0.2) is 79.0 Å². The van der Waals surface area contributed by atoms with Crippen LogP contribution in [-0.4, -0.2) is 45.7 Å². The molecule has 3 atom stereocenters. The molecule has 2 aromatic carbocycles. The third kappa shape index (κ3) is 7.97. The van der Waals surface area contributed by atoms with Crippen LogP contribution in [0.2, 0.25) is 0 Å². The zero-order valence-electron chi connectivity index (χ0n) is 20.8. The average molecular weight is 476 g/mol. The Hall–Kier alpha value is -3.10. The first-order valence-electron chi connectivity index (χ1n) is 11.9. The maximum atomic E-state index is 12.9. The van der Waals surface area contributed by atoms with Crippen molar-refractivity contribution in [2.45, 2.75) is 51.9 Å². The Balaban J connectivity index is 1.72. The molecule has 186 valence electrons. The third-order valence-corrected chi connectivity index (χ3v) is 5.99. The number of rotatable bonds is 10. The van der Waals surface area contributed by atoms with Gasteiger partial charge in [0.15, 0.2) is 0 Å². The van der Waals surface area contributed by atoms with Gasteiger partial charge < -0.3 is 16.6 Å². The van der Waals surface area contributed by atoms with Gasteiger partial charge in [-0.05, 0) is 35.1 Å². The average Bonchev–Trinajstić information content (AvgIpc) is 2.84. The second-order valence-corrected chi connectivity index (χ2v) is 10.0. The van der Waals surface area contributed by atoms with Gasteiger partial charge in [0.1, 0.15) is 0 Å².